The molecule has 2 aromatic carbocycles. The van der Waals surface area contributed by atoms with Crippen LogP contribution in [-0.4, -0.2) is 37.5 Å². The van der Waals surface area contributed by atoms with Gasteiger partial charge in [0.15, 0.2) is 0 Å². The molecule has 150 valence electrons. The van der Waals surface area contributed by atoms with E-state index in [1.165, 1.54) is 0 Å². The maximum absolute atomic E-state index is 12.1. The van der Waals surface area contributed by atoms with E-state index in [0.717, 1.165) is 22.6 Å². The van der Waals surface area contributed by atoms with Crippen LogP contribution in [0.5, 0.6) is 5.75 Å². The van der Waals surface area contributed by atoms with Crippen molar-refractivity contribution in [2.24, 2.45) is 0 Å². The lowest BCUT2D eigenvalue weighted by Gasteiger charge is -2.19. The van der Waals surface area contributed by atoms with Gasteiger partial charge in [-0.05, 0) is 30.2 Å². The molecule has 0 bridgehead atoms. The van der Waals surface area contributed by atoms with E-state index in [4.69, 9.17) is 19.6 Å². The number of carbonyl (C=O) groups excluding carboxylic acids is 1. The van der Waals surface area contributed by atoms with Gasteiger partial charge in [0.1, 0.15) is 18.4 Å². The van der Waals surface area contributed by atoms with Gasteiger partial charge in [0.2, 0.25) is 5.90 Å². The van der Waals surface area contributed by atoms with Crippen LogP contribution in [0.4, 0.5) is 4.79 Å². The minimum Gasteiger partial charge on any atom is -0.497 e. The first-order chi connectivity index (χ1) is 13.6. The maximum atomic E-state index is 12.1. The number of ether oxygens (including phenoxy) is 3. The lowest BCUT2D eigenvalue weighted by Crippen LogP contribution is -2.43. The highest BCUT2D eigenvalue weighted by Gasteiger charge is 2.19. The van der Waals surface area contributed by atoms with Crippen LogP contribution < -0.4 is 10.1 Å². The molecule has 0 aliphatic heterocycles. The molecule has 0 fully saturated rings. The van der Waals surface area contributed by atoms with Gasteiger partial charge in [-0.1, -0.05) is 42.5 Å². The topological polar surface area (TPSA) is 80.6 Å². The highest BCUT2D eigenvalue weighted by molar-refractivity contribution is 7.98. The van der Waals surface area contributed by atoms with Crippen LogP contribution in [0.25, 0.3) is 0 Å². The van der Waals surface area contributed by atoms with Crippen LogP contribution in [0.1, 0.15) is 18.1 Å². The third-order valence-electron chi connectivity index (χ3n) is 3.83. The molecular formula is C21H26N2O4S. The lowest BCUT2D eigenvalue weighted by atomic mass is 10.2. The molecule has 0 aliphatic carbocycles. The minimum absolute atomic E-state index is 0.0291. The summed E-state index contributed by atoms with van der Waals surface area (Å²) in [5.41, 5.74) is 2.04. The second-order valence-electron chi connectivity index (χ2n) is 5.92. The molecule has 1 unspecified atom stereocenters. The second kappa shape index (κ2) is 11.9. The Kier molecular flexibility index (Phi) is 9.21. The SMILES string of the molecule is CCOC(=N)C(CSCc1ccc(OC)cc1)NC(=O)OCc1ccccc1. The van der Waals surface area contributed by atoms with Crippen molar-refractivity contribution in [2.45, 2.75) is 25.3 Å². The number of alkyl carbamates (subject to hydrolysis) is 1. The zero-order chi connectivity index (χ0) is 20.2. The lowest BCUT2D eigenvalue weighted by molar-refractivity contribution is 0.137. The van der Waals surface area contributed by atoms with Crippen LogP contribution >= 0.6 is 11.8 Å². The van der Waals surface area contributed by atoms with Crippen molar-refractivity contribution in [2.75, 3.05) is 19.5 Å². The smallest absolute Gasteiger partial charge is 0.408 e. The summed E-state index contributed by atoms with van der Waals surface area (Å²) in [6.07, 6.45) is -0.566. The second-order valence-corrected chi connectivity index (χ2v) is 6.95. The Labute approximate surface area is 170 Å². The first-order valence-electron chi connectivity index (χ1n) is 9.01. The number of hydrogen-bond donors (Lipinski definition) is 2. The van der Waals surface area contributed by atoms with Gasteiger partial charge in [0.05, 0.1) is 13.7 Å². The number of nitrogens with one attached hydrogen (secondary N) is 2. The maximum Gasteiger partial charge on any atom is 0.408 e. The summed E-state index contributed by atoms with van der Waals surface area (Å²) in [7, 11) is 1.64. The largest absolute Gasteiger partial charge is 0.497 e. The van der Waals surface area contributed by atoms with Crippen molar-refractivity contribution in [3.8, 4) is 5.75 Å². The monoisotopic (exact) mass is 402 g/mol. The number of carbonyl (C=O) groups is 1. The Morgan fingerprint density at radius 2 is 1.79 bits per heavy atom. The fourth-order valence-corrected chi connectivity index (χ4v) is 3.38. The predicted octanol–water partition coefficient (Wildman–Crippen LogP) is 4.24. The third kappa shape index (κ3) is 7.52. The van der Waals surface area contributed by atoms with Crippen LogP contribution in [0.3, 0.4) is 0 Å². The van der Waals surface area contributed by atoms with Gasteiger partial charge in [-0.15, -0.1) is 0 Å². The quantitative estimate of drug-likeness (QED) is 0.459. The third-order valence-corrected chi connectivity index (χ3v) is 4.94. The summed E-state index contributed by atoms with van der Waals surface area (Å²) in [6, 6.07) is 16.7. The highest BCUT2D eigenvalue weighted by atomic mass is 32.2. The molecule has 6 nitrogen and oxygen atoms in total. The highest BCUT2D eigenvalue weighted by Crippen LogP contribution is 2.17. The van der Waals surface area contributed by atoms with E-state index in [0.29, 0.717) is 12.4 Å². The Morgan fingerprint density at radius 3 is 2.43 bits per heavy atom. The number of amides is 1. The molecule has 2 aromatic rings. The molecule has 2 rings (SSSR count). The van der Waals surface area contributed by atoms with Gasteiger partial charge in [0, 0.05) is 11.5 Å². The van der Waals surface area contributed by atoms with Gasteiger partial charge in [-0.2, -0.15) is 11.8 Å². The van der Waals surface area contributed by atoms with Crippen molar-refractivity contribution in [3.63, 3.8) is 0 Å². The summed E-state index contributed by atoms with van der Waals surface area (Å²) in [5, 5.41) is 10.8. The fraction of sp³-hybridized carbons (Fsp3) is 0.333. The molecule has 2 N–H and O–H groups in total. The van der Waals surface area contributed by atoms with E-state index >= 15 is 0 Å². The average Bonchev–Trinajstić information content (AvgIpc) is 2.73. The number of benzene rings is 2. The molecule has 0 heterocycles. The zero-order valence-corrected chi connectivity index (χ0v) is 17.0. The van der Waals surface area contributed by atoms with Crippen LogP contribution in [0.15, 0.2) is 54.6 Å². The normalized spacial score (nSPS) is 11.4. The van der Waals surface area contributed by atoms with Crippen LogP contribution in [0.2, 0.25) is 0 Å². The van der Waals surface area contributed by atoms with Crippen LogP contribution in [0, 0.1) is 5.41 Å². The van der Waals surface area contributed by atoms with Gasteiger partial charge < -0.3 is 19.5 Å². The van der Waals surface area contributed by atoms with E-state index in [-0.39, 0.29) is 12.5 Å². The molecule has 0 spiro atoms. The van der Waals surface area contributed by atoms with Crippen LogP contribution in [-0.2, 0) is 21.8 Å². The van der Waals surface area contributed by atoms with Crippen molar-refractivity contribution in [1.82, 2.24) is 5.32 Å². The molecule has 0 saturated carbocycles. The Bertz CT molecular complexity index is 738. The van der Waals surface area contributed by atoms with E-state index in [1.54, 1.807) is 18.9 Å². The van der Waals surface area contributed by atoms with Gasteiger partial charge in [0.25, 0.3) is 0 Å². The summed E-state index contributed by atoms with van der Waals surface area (Å²) in [5.74, 6) is 2.10. The number of hydrogen-bond acceptors (Lipinski definition) is 6. The number of rotatable bonds is 10. The van der Waals surface area contributed by atoms with Crippen molar-refractivity contribution in [3.05, 3.63) is 65.7 Å². The standard InChI is InChI=1S/C21H26N2O4S/c1-3-26-20(22)19(15-28-14-17-9-11-18(25-2)12-10-17)23-21(24)27-13-16-7-5-4-6-8-16/h4-12,19,22H,3,13-15H2,1-2H3,(H,23,24). The van der Waals surface area contributed by atoms with Gasteiger partial charge in [-0.25, -0.2) is 4.79 Å². The molecular weight excluding hydrogens is 376 g/mol. The predicted molar refractivity (Wildman–Crippen MR) is 112 cm³/mol. The van der Waals surface area contributed by atoms with Gasteiger partial charge >= 0.3 is 6.09 Å². The van der Waals surface area contributed by atoms with Crippen molar-refractivity contribution in [1.29, 1.82) is 5.41 Å². The molecule has 28 heavy (non-hydrogen) atoms. The fourth-order valence-electron chi connectivity index (χ4n) is 2.36. The average molecular weight is 403 g/mol. The number of methoxy groups -OCH3 is 1. The van der Waals surface area contributed by atoms with Crippen molar-refractivity contribution < 1.29 is 19.0 Å². The van der Waals surface area contributed by atoms with E-state index in [9.17, 15) is 4.79 Å². The Balaban J connectivity index is 1.84. The first kappa shape index (κ1) is 21.6. The summed E-state index contributed by atoms with van der Waals surface area (Å²) >= 11 is 1.61. The van der Waals surface area contributed by atoms with E-state index in [2.05, 4.69) is 5.32 Å². The van der Waals surface area contributed by atoms with Gasteiger partial charge in [-0.3, -0.25) is 5.41 Å². The zero-order valence-electron chi connectivity index (χ0n) is 16.1. The molecule has 0 aliphatic rings. The summed E-state index contributed by atoms with van der Waals surface area (Å²) < 4.78 is 15.7. The van der Waals surface area contributed by atoms with Crippen molar-refractivity contribution >= 4 is 23.8 Å². The Morgan fingerprint density at radius 1 is 1.07 bits per heavy atom. The molecule has 0 aromatic heterocycles. The van der Waals surface area contributed by atoms with E-state index < -0.39 is 12.1 Å². The molecule has 0 saturated heterocycles. The molecule has 1 atom stereocenters. The van der Waals surface area contributed by atoms with E-state index in [1.807, 2.05) is 61.5 Å². The Hall–Kier alpha value is -2.67. The molecule has 0 radical (unpaired) electrons. The molecule has 1 amide bonds. The first-order valence-corrected chi connectivity index (χ1v) is 10.2. The summed E-state index contributed by atoms with van der Waals surface area (Å²) in [6.45, 7) is 2.36. The molecule has 7 heteroatoms. The summed E-state index contributed by atoms with van der Waals surface area (Å²) in [4.78, 5) is 12.1. The number of thioether (sulfide) groups is 1. The minimum atomic E-state index is -0.566.